The summed E-state index contributed by atoms with van der Waals surface area (Å²) in [5.74, 6) is 4.20. The number of fused-ring (bicyclic) bond motifs is 3. The summed E-state index contributed by atoms with van der Waals surface area (Å²) in [6, 6.07) is 13.9. The number of hydrogen-bond acceptors (Lipinski definition) is 4. The number of thioether (sulfide) groups is 1. The van der Waals surface area contributed by atoms with Gasteiger partial charge in [0.1, 0.15) is 12.2 Å². The van der Waals surface area contributed by atoms with Crippen LogP contribution in [0, 0.1) is 0 Å². The van der Waals surface area contributed by atoms with Gasteiger partial charge in [0, 0.05) is 13.2 Å². The molecule has 0 radical (unpaired) electrons. The molecule has 0 aromatic heterocycles. The second kappa shape index (κ2) is 13.2. The maximum atomic E-state index is 6.61. The van der Waals surface area contributed by atoms with Gasteiger partial charge in [0.2, 0.25) is 0 Å². The minimum absolute atomic E-state index is 0.0743. The minimum atomic E-state index is -0.0817. The van der Waals surface area contributed by atoms with Crippen LogP contribution >= 0.6 is 24.4 Å². The Morgan fingerprint density at radius 2 is 1.30 bits per heavy atom. The minimum Gasteiger partial charge on any atom is -0.370 e. The summed E-state index contributed by atoms with van der Waals surface area (Å²) in [4.78, 5) is 0. The summed E-state index contributed by atoms with van der Waals surface area (Å²) in [5, 5.41) is 0. The molecule has 33 heavy (non-hydrogen) atoms. The lowest BCUT2D eigenvalue weighted by atomic mass is 9.79. The lowest BCUT2D eigenvalue weighted by Gasteiger charge is -2.36. The average Bonchev–Trinajstić information content (AvgIpc) is 2.81. The summed E-state index contributed by atoms with van der Waals surface area (Å²) in [7, 11) is 0. The van der Waals surface area contributed by atoms with Gasteiger partial charge in [-0.3, -0.25) is 0 Å². The first-order chi connectivity index (χ1) is 16.0. The molecule has 0 saturated carbocycles. The van der Waals surface area contributed by atoms with Crippen molar-refractivity contribution in [2.24, 2.45) is 0 Å². The lowest BCUT2D eigenvalue weighted by molar-refractivity contribution is -0.0787. The average molecular weight is 487 g/mol. The summed E-state index contributed by atoms with van der Waals surface area (Å²) < 4.78 is 13.1. The molecule has 2 unspecified atom stereocenters. The van der Waals surface area contributed by atoms with Crippen LogP contribution in [0.25, 0.3) is 11.1 Å². The fourth-order valence-electron chi connectivity index (χ4n) is 4.40. The Morgan fingerprint density at radius 3 is 1.76 bits per heavy atom. The molecular formula is C29H42O2S2. The largest absolute Gasteiger partial charge is 0.370 e. The number of rotatable bonds is 13. The molecule has 0 aliphatic heterocycles. The molecule has 0 fully saturated rings. The second-order valence-electron chi connectivity index (χ2n) is 9.63. The molecule has 2 aromatic rings. The first kappa shape index (κ1) is 26.7. The Kier molecular flexibility index (Phi) is 10.7. The van der Waals surface area contributed by atoms with E-state index in [1.54, 1.807) is 0 Å². The Labute approximate surface area is 211 Å². The van der Waals surface area contributed by atoms with Gasteiger partial charge >= 0.3 is 0 Å². The van der Waals surface area contributed by atoms with Crippen LogP contribution in [-0.4, -0.2) is 30.5 Å². The van der Waals surface area contributed by atoms with Crippen molar-refractivity contribution in [3.8, 4) is 11.1 Å². The maximum absolute atomic E-state index is 6.61. The van der Waals surface area contributed by atoms with Crippen molar-refractivity contribution < 1.29 is 9.47 Å². The van der Waals surface area contributed by atoms with Crippen molar-refractivity contribution in [2.45, 2.75) is 77.9 Å². The van der Waals surface area contributed by atoms with Gasteiger partial charge in [-0.15, -0.1) is 0 Å². The van der Waals surface area contributed by atoms with E-state index in [0.717, 1.165) is 31.0 Å². The van der Waals surface area contributed by atoms with Gasteiger partial charge < -0.3 is 9.47 Å². The lowest BCUT2D eigenvalue weighted by Crippen LogP contribution is -2.24. The fraction of sp³-hybridized carbons (Fsp3) is 0.586. The van der Waals surface area contributed by atoms with E-state index in [0.29, 0.717) is 18.4 Å². The van der Waals surface area contributed by atoms with Crippen LogP contribution in [0.2, 0.25) is 0 Å². The van der Waals surface area contributed by atoms with Gasteiger partial charge in [0.15, 0.2) is 0 Å². The molecule has 4 heteroatoms. The Hall–Kier alpha value is -0.940. The fourth-order valence-corrected chi connectivity index (χ4v) is 5.35. The van der Waals surface area contributed by atoms with Gasteiger partial charge in [0.05, 0.1) is 0 Å². The molecule has 0 amide bonds. The highest BCUT2D eigenvalue weighted by Gasteiger charge is 2.35. The van der Waals surface area contributed by atoms with E-state index in [-0.39, 0.29) is 12.2 Å². The first-order valence-electron chi connectivity index (χ1n) is 12.7. The van der Waals surface area contributed by atoms with Crippen LogP contribution < -0.4 is 0 Å². The van der Waals surface area contributed by atoms with Gasteiger partial charge in [-0.2, -0.15) is 24.4 Å². The summed E-state index contributed by atoms with van der Waals surface area (Å²) in [5.41, 5.74) is 7.91. The van der Waals surface area contributed by atoms with E-state index < -0.39 is 0 Å². The molecule has 0 heterocycles. The molecule has 0 N–H and O–H groups in total. The first-order valence-corrected chi connectivity index (χ1v) is 14.5. The highest BCUT2D eigenvalue weighted by Crippen LogP contribution is 2.49. The number of thiol groups is 1. The molecule has 0 spiro atoms. The maximum Gasteiger partial charge on any atom is 0.113 e. The van der Waals surface area contributed by atoms with Crippen molar-refractivity contribution >= 4 is 24.4 Å². The van der Waals surface area contributed by atoms with Crippen molar-refractivity contribution in [3.63, 3.8) is 0 Å². The van der Waals surface area contributed by atoms with Crippen LogP contribution in [0.5, 0.6) is 0 Å². The number of ether oxygens (including phenoxy) is 2. The Bertz CT molecular complexity index is 878. The molecule has 1 aliphatic carbocycles. The van der Waals surface area contributed by atoms with E-state index >= 15 is 0 Å². The number of hydrogen-bond donors (Lipinski definition) is 1. The molecule has 0 bridgehead atoms. The molecule has 182 valence electrons. The second-order valence-corrected chi connectivity index (χ2v) is 11.3. The van der Waals surface area contributed by atoms with Gasteiger partial charge in [-0.25, -0.2) is 0 Å². The molecule has 2 atom stereocenters. The van der Waals surface area contributed by atoms with Crippen LogP contribution in [0.3, 0.4) is 0 Å². The summed E-state index contributed by atoms with van der Waals surface area (Å²) in [6.45, 7) is 12.8. The van der Waals surface area contributed by atoms with Crippen molar-refractivity contribution in [1.82, 2.24) is 0 Å². The summed E-state index contributed by atoms with van der Waals surface area (Å²) >= 11 is 6.41. The SMILES string of the molecule is CCCSCCCOC1c2ccc(C(C)C)cc2-c2cc(C(C)C)ccc2C1OCCCS. The zero-order valence-corrected chi connectivity index (χ0v) is 22.8. The van der Waals surface area contributed by atoms with Crippen LogP contribution in [-0.2, 0) is 9.47 Å². The molecule has 1 aliphatic rings. The molecule has 0 saturated heterocycles. The smallest absolute Gasteiger partial charge is 0.113 e. The number of benzene rings is 2. The van der Waals surface area contributed by atoms with E-state index in [2.05, 4.69) is 83.6 Å². The normalized spacial score (nSPS) is 17.5. The van der Waals surface area contributed by atoms with Crippen molar-refractivity contribution in [2.75, 3.05) is 30.5 Å². The highest BCUT2D eigenvalue weighted by atomic mass is 32.2. The molecule has 3 rings (SSSR count). The zero-order valence-electron chi connectivity index (χ0n) is 21.1. The third-order valence-electron chi connectivity index (χ3n) is 6.34. The standard InChI is InChI=1S/C29H42O2S2/c1-6-16-33-17-8-14-31-29-25-12-10-23(21(4)5)19-27(25)26-18-22(20(2)3)9-11-24(26)28(29)30-13-7-15-32/h9-12,18-21,28-29,32H,6-8,13-17H2,1-5H3. The van der Waals surface area contributed by atoms with E-state index in [4.69, 9.17) is 9.47 Å². The van der Waals surface area contributed by atoms with Gasteiger partial charge in [-0.05, 0) is 81.7 Å². The van der Waals surface area contributed by atoms with E-state index in [9.17, 15) is 0 Å². The molecule has 2 aromatic carbocycles. The highest BCUT2D eigenvalue weighted by molar-refractivity contribution is 7.99. The predicted molar refractivity (Wildman–Crippen MR) is 148 cm³/mol. The monoisotopic (exact) mass is 486 g/mol. The quantitative estimate of drug-likeness (QED) is 0.226. The zero-order chi connectivity index (χ0) is 23.8. The van der Waals surface area contributed by atoms with Gasteiger partial charge in [0.25, 0.3) is 0 Å². The van der Waals surface area contributed by atoms with Crippen molar-refractivity contribution in [1.29, 1.82) is 0 Å². The van der Waals surface area contributed by atoms with E-state index in [1.807, 2.05) is 11.8 Å². The third-order valence-corrected chi connectivity index (χ3v) is 7.94. The topological polar surface area (TPSA) is 18.5 Å². The predicted octanol–water partition coefficient (Wildman–Crippen LogP) is 8.58. The van der Waals surface area contributed by atoms with Crippen LogP contribution in [0.1, 0.15) is 100 Å². The van der Waals surface area contributed by atoms with Gasteiger partial charge in [-0.1, -0.05) is 71.0 Å². The van der Waals surface area contributed by atoms with E-state index in [1.165, 1.54) is 45.6 Å². The van der Waals surface area contributed by atoms with Crippen LogP contribution in [0.15, 0.2) is 36.4 Å². The molecular weight excluding hydrogens is 444 g/mol. The molecule has 2 nitrogen and oxygen atoms in total. The summed E-state index contributed by atoms with van der Waals surface area (Å²) in [6.07, 6.45) is 3.09. The van der Waals surface area contributed by atoms with Crippen molar-refractivity contribution in [3.05, 3.63) is 58.7 Å². The Balaban J connectivity index is 1.98. The Morgan fingerprint density at radius 1 is 0.788 bits per heavy atom. The third kappa shape index (κ3) is 6.81. The van der Waals surface area contributed by atoms with Crippen LogP contribution in [0.4, 0.5) is 0 Å².